The molecule has 0 aliphatic rings. The Morgan fingerprint density at radius 3 is 2.38 bits per heavy atom. The lowest BCUT2D eigenvalue weighted by molar-refractivity contribution is 0.0636. The highest BCUT2D eigenvalue weighted by molar-refractivity contribution is 7.18. The number of carbonyl (C=O) groups excluding carboxylic acids is 2. The maximum Gasteiger partial charge on any atom is 0.412 e. The molecule has 1 N–H and O–H groups in total. The Morgan fingerprint density at radius 1 is 1.03 bits per heavy atom. The van der Waals surface area contributed by atoms with Crippen LogP contribution >= 0.6 is 11.3 Å². The van der Waals surface area contributed by atoms with Crippen LogP contribution in [-0.4, -0.2) is 34.5 Å². The third-order valence-corrected chi connectivity index (χ3v) is 5.83. The van der Waals surface area contributed by atoms with Crippen molar-refractivity contribution in [2.45, 2.75) is 32.9 Å². The number of nitrogens with zero attached hydrogens (tertiary/aromatic N) is 2. The first kappa shape index (κ1) is 21.8. The molecule has 164 valence electrons. The lowest BCUT2D eigenvalue weighted by atomic mass is 10.0. The number of hydrogen-bond donors (Lipinski definition) is 1. The van der Waals surface area contributed by atoms with Gasteiger partial charge < -0.3 is 9.64 Å². The van der Waals surface area contributed by atoms with Gasteiger partial charge in [-0.25, -0.2) is 9.78 Å². The van der Waals surface area contributed by atoms with Crippen LogP contribution in [0.2, 0.25) is 0 Å². The molecule has 3 aromatic carbocycles. The van der Waals surface area contributed by atoms with Crippen LogP contribution in [0.4, 0.5) is 10.5 Å². The summed E-state index contributed by atoms with van der Waals surface area (Å²) in [6, 6.07) is 19.2. The monoisotopic (exact) mass is 447 g/mol. The number of carbonyl (C=O) groups is 2. The molecule has 0 atom stereocenters. The Bertz CT molecular complexity index is 1270. The molecular formula is C25H25N3O3S. The standard InChI is InChI=1S/C25H25N3O3S/c1-25(2,3)31-24(30)27-20-14-17-10-6-5-9-16(17)13-18(20)23(29)28(4)15-22-26-19-11-7-8-12-21(19)32-22/h5-14H,15H2,1-4H3,(H,27,30). The van der Waals surface area contributed by atoms with Gasteiger partial charge in [0.2, 0.25) is 0 Å². The number of rotatable bonds is 4. The van der Waals surface area contributed by atoms with Gasteiger partial charge in [0.25, 0.3) is 5.91 Å². The second-order valence-electron chi connectivity index (χ2n) is 8.61. The number of nitrogens with one attached hydrogen (secondary N) is 1. The number of aromatic nitrogens is 1. The van der Waals surface area contributed by atoms with Crippen LogP contribution in [0.3, 0.4) is 0 Å². The van der Waals surface area contributed by atoms with Crippen LogP contribution in [0.15, 0.2) is 60.7 Å². The van der Waals surface area contributed by atoms with Crippen molar-refractivity contribution in [2.24, 2.45) is 0 Å². The van der Waals surface area contributed by atoms with Gasteiger partial charge in [0, 0.05) is 7.05 Å². The minimum absolute atomic E-state index is 0.207. The van der Waals surface area contributed by atoms with Crippen molar-refractivity contribution in [3.8, 4) is 0 Å². The van der Waals surface area contributed by atoms with E-state index in [0.717, 1.165) is 26.0 Å². The van der Waals surface area contributed by atoms with Crippen molar-refractivity contribution in [3.63, 3.8) is 0 Å². The molecule has 1 heterocycles. The zero-order valence-electron chi connectivity index (χ0n) is 18.5. The smallest absolute Gasteiger partial charge is 0.412 e. The summed E-state index contributed by atoms with van der Waals surface area (Å²) in [5, 5.41) is 5.45. The van der Waals surface area contributed by atoms with Gasteiger partial charge in [-0.2, -0.15) is 0 Å². The van der Waals surface area contributed by atoms with E-state index in [-0.39, 0.29) is 5.91 Å². The quantitative estimate of drug-likeness (QED) is 0.412. The fourth-order valence-corrected chi connectivity index (χ4v) is 4.42. The molecule has 0 spiro atoms. The van der Waals surface area contributed by atoms with Crippen LogP contribution in [-0.2, 0) is 11.3 Å². The van der Waals surface area contributed by atoms with Gasteiger partial charge in [-0.1, -0.05) is 36.4 Å². The number of fused-ring (bicyclic) bond motifs is 2. The number of anilines is 1. The van der Waals surface area contributed by atoms with Crippen LogP contribution in [0.1, 0.15) is 36.1 Å². The Kier molecular flexibility index (Phi) is 5.84. The second-order valence-corrected chi connectivity index (χ2v) is 9.72. The van der Waals surface area contributed by atoms with Crippen molar-refractivity contribution in [1.29, 1.82) is 0 Å². The molecular weight excluding hydrogens is 422 g/mol. The Labute approximate surface area is 190 Å². The van der Waals surface area contributed by atoms with E-state index in [4.69, 9.17) is 4.74 Å². The molecule has 0 saturated heterocycles. The molecule has 1 aromatic heterocycles. The van der Waals surface area contributed by atoms with Crippen LogP contribution < -0.4 is 5.32 Å². The lowest BCUT2D eigenvalue weighted by Gasteiger charge is -2.22. The highest BCUT2D eigenvalue weighted by Crippen LogP contribution is 2.27. The Hall–Kier alpha value is -3.45. The molecule has 0 radical (unpaired) electrons. The summed E-state index contributed by atoms with van der Waals surface area (Å²) in [6.07, 6.45) is -0.601. The van der Waals surface area contributed by atoms with Gasteiger partial charge in [-0.3, -0.25) is 10.1 Å². The largest absolute Gasteiger partial charge is 0.444 e. The van der Waals surface area contributed by atoms with Crippen LogP contribution in [0, 0.1) is 0 Å². The summed E-state index contributed by atoms with van der Waals surface area (Å²) in [5.41, 5.74) is 1.10. The fraction of sp³-hybridized carbons (Fsp3) is 0.240. The molecule has 0 aliphatic heterocycles. The summed E-state index contributed by atoms with van der Waals surface area (Å²) in [5.74, 6) is -0.207. The third kappa shape index (κ3) is 4.89. The van der Waals surface area contributed by atoms with Crippen molar-refractivity contribution in [1.82, 2.24) is 9.88 Å². The highest BCUT2D eigenvalue weighted by Gasteiger charge is 2.22. The highest BCUT2D eigenvalue weighted by atomic mass is 32.1. The van der Waals surface area contributed by atoms with Crippen molar-refractivity contribution < 1.29 is 14.3 Å². The minimum atomic E-state index is -0.644. The van der Waals surface area contributed by atoms with E-state index in [1.54, 1.807) is 56.2 Å². The minimum Gasteiger partial charge on any atom is -0.444 e. The van der Waals surface area contributed by atoms with Crippen molar-refractivity contribution in [3.05, 3.63) is 71.2 Å². The molecule has 32 heavy (non-hydrogen) atoms. The lowest BCUT2D eigenvalue weighted by Crippen LogP contribution is -2.30. The molecule has 0 bridgehead atoms. The maximum atomic E-state index is 13.4. The van der Waals surface area contributed by atoms with E-state index >= 15 is 0 Å². The first-order chi connectivity index (χ1) is 15.2. The van der Waals surface area contributed by atoms with Crippen molar-refractivity contribution >= 4 is 50.0 Å². The van der Waals surface area contributed by atoms with Gasteiger partial charge in [0.05, 0.1) is 28.0 Å². The number of benzene rings is 3. The average molecular weight is 448 g/mol. The van der Waals surface area contributed by atoms with Crippen LogP contribution in [0.25, 0.3) is 21.0 Å². The summed E-state index contributed by atoms with van der Waals surface area (Å²) < 4.78 is 6.48. The zero-order chi connectivity index (χ0) is 22.9. The van der Waals surface area contributed by atoms with E-state index in [1.807, 2.05) is 48.5 Å². The molecule has 0 unspecified atom stereocenters. The Morgan fingerprint density at radius 2 is 1.69 bits per heavy atom. The molecule has 7 heteroatoms. The van der Waals surface area contributed by atoms with Gasteiger partial charge in [-0.05, 0) is 55.8 Å². The predicted octanol–water partition coefficient (Wildman–Crippen LogP) is 6.07. The van der Waals surface area contributed by atoms with Gasteiger partial charge in [0.15, 0.2) is 0 Å². The summed E-state index contributed by atoms with van der Waals surface area (Å²) in [6.45, 7) is 5.76. The third-order valence-electron chi connectivity index (χ3n) is 4.81. The van der Waals surface area contributed by atoms with E-state index in [9.17, 15) is 9.59 Å². The summed E-state index contributed by atoms with van der Waals surface area (Å²) >= 11 is 1.57. The molecule has 0 aliphatic carbocycles. The first-order valence-electron chi connectivity index (χ1n) is 10.3. The molecule has 6 nitrogen and oxygen atoms in total. The van der Waals surface area contributed by atoms with Gasteiger partial charge >= 0.3 is 6.09 Å². The SMILES string of the molecule is CN(Cc1nc2ccccc2s1)C(=O)c1cc2ccccc2cc1NC(=O)OC(C)(C)C. The second kappa shape index (κ2) is 8.59. The topological polar surface area (TPSA) is 71.5 Å². The maximum absolute atomic E-state index is 13.4. The van der Waals surface area contributed by atoms with E-state index in [2.05, 4.69) is 10.3 Å². The molecule has 4 aromatic rings. The molecule has 4 rings (SSSR count). The average Bonchev–Trinajstić information content (AvgIpc) is 3.13. The normalized spacial score (nSPS) is 11.5. The Balaban J connectivity index is 1.64. The molecule has 0 fully saturated rings. The molecule has 0 saturated carbocycles. The van der Waals surface area contributed by atoms with Crippen molar-refractivity contribution in [2.75, 3.05) is 12.4 Å². The first-order valence-corrected chi connectivity index (χ1v) is 11.1. The van der Waals surface area contributed by atoms with Gasteiger partial charge in [-0.15, -0.1) is 11.3 Å². The number of amides is 2. The van der Waals surface area contributed by atoms with Gasteiger partial charge in [0.1, 0.15) is 10.6 Å². The number of para-hydroxylation sites is 1. The fourth-order valence-electron chi connectivity index (χ4n) is 3.40. The van der Waals surface area contributed by atoms with Crippen LogP contribution in [0.5, 0.6) is 0 Å². The number of ether oxygens (including phenoxy) is 1. The number of hydrogen-bond acceptors (Lipinski definition) is 5. The number of thiazole rings is 1. The summed E-state index contributed by atoms with van der Waals surface area (Å²) in [4.78, 5) is 32.1. The van der Waals surface area contributed by atoms with E-state index in [0.29, 0.717) is 17.8 Å². The van der Waals surface area contributed by atoms with E-state index < -0.39 is 11.7 Å². The molecule has 2 amide bonds. The zero-order valence-corrected chi connectivity index (χ0v) is 19.3. The van der Waals surface area contributed by atoms with E-state index in [1.165, 1.54) is 0 Å². The predicted molar refractivity (Wildman–Crippen MR) is 129 cm³/mol. The summed E-state index contributed by atoms with van der Waals surface area (Å²) in [7, 11) is 1.74.